The molecule has 0 atom stereocenters. The average Bonchev–Trinajstić information content (AvgIpc) is 3.65. The van der Waals surface area contributed by atoms with E-state index < -0.39 is 10.0 Å². The number of hydrogen-bond donors (Lipinski definition) is 1. The maximum atomic E-state index is 12.9. The number of hydrogen-bond acceptors (Lipinski definition) is 4. The molecule has 0 aromatic heterocycles. The van der Waals surface area contributed by atoms with Crippen molar-refractivity contribution in [2.24, 2.45) is 5.92 Å². The number of benzene rings is 2. The molecule has 1 saturated heterocycles. The first kappa shape index (κ1) is 22.3. The molecule has 8 heteroatoms. The van der Waals surface area contributed by atoms with E-state index in [0.717, 1.165) is 31.2 Å². The van der Waals surface area contributed by atoms with Gasteiger partial charge < -0.3 is 10.2 Å². The molecule has 0 bridgehead atoms. The first-order valence-electron chi connectivity index (χ1n) is 11.0. The molecule has 1 aliphatic heterocycles. The van der Waals surface area contributed by atoms with Crippen LogP contribution in [0.4, 0.5) is 5.69 Å². The molecule has 1 N–H and O–H groups in total. The number of sulfonamides is 1. The van der Waals surface area contributed by atoms with E-state index in [-0.39, 0.29) is 28.7 Å². The van der Waals surface area contributed by atoms with E-state index in [1.807, 2.05) is 6.92 Å². The number of likely N-dealkylation sites (tertiary alicyclic amines) is 1. The lowest BCUT2D eigenvalue weighted by Gasteiger charge is -2.32. The predicted molar refractivity (Wildman–Crippen MR) is 123 cm³/mol. The summed E-state index contributed by atoms with van der Waals surface area (Å²) in [6.45, 7) is 3.10. The summed E-state index contributed by atoms with van der Waals surface area (Å²) < 4.78 is 27.0. The highest BCUT2D eigenvalue weighted by Gasteiger charge is 2.32. The van der Waals surface area contributed by atoms with Gasteiger partial charge in [0, 0.05) is 37.7 Å². The number of anilines is 1. The molecule has 2 amide bonds. The monoisotopic (exact) mass is 455 g/mol. The fourth-order valence-corrected chi connectivity index (χ4v) is 5.09. The smallest absolute Gasteiger partial charge is 0.264 e. The molecule has 2 aliphatic rings. The number of rotatable bonds is 6. The summed E-state index contributed by atoms with van der Waals surface area (Å²) in [5.41, 5.74) is 2.00. The van der Waals surface area contributed by atoms with Crippen molar-refractivity contribution in [1.29, 1.82) is 0 Å². The zero-order valence-corrected chi connectivity index (χ0v) is 19.3. The maximum absolute atomic E-state index is 12.9. The molecular weight excluding hydrogens is 426 g/mol. The second-order valence-electron chi connectivity index (χ2n) is 8.68. The second kappa shape index (κ2) is 8.94. The summed E-state index contributed by atoms with van der Waals surface area (Å²) in [4.78, 5) is 26.8. The van der Waals surface area contributed by atoms with Gasteiger partial charge in [-0.15, -0.1) is 0 Å². The van der Waals surface area contributed by atoms with Crippen molar-refractivity contribution in [3.63, 3.8) is 0 Å². The van der Waals surface area contributed by atoms with Crippen LogP contribution >= 0.6 is 0 Å². The van der Waals surface area contributed by atoms with Gasteiger partial charge in [-0.2, -0.15) is 0 Å². The topological polar surface area (TPSA) is 86.8 Å². The van der Waals surface area contributed by atoms with Crippen molar-refractivity contribution in [2.45, 2.75) is 43.5 Å². The Morgan fingerprint density at radius 2 is 1.53 bits per heavy atom. The summed E-state index contributed by atoms with van der Waals surface area (Å²) in [5.74, 6) is 0.267. The Labute approximate surface area is 189 Å². The van der Waals surface area contributed by atoms with E-state index >= 15 is 0 Å². The van der Waals surface area contributed by atoms with Gasteiger partial charge in [-0.25, -0.2) is 8.42 Å². The predicted octanol–water partition coefficient (Wildman–Crippen LogP) is 2.95. The Morgan fingerprint density at radius 1 is 0.938 bits per heavy atom. The van der Waals surface area contributed by atoms with Crippen molar-refractivity contribution in [3.05, 3.63) is 59.7 Å². The van der Waals surface area contributed by atoms with Crippen LogP contribution in [0.3, 0.4) is 0 Å². The fourth-order valence-electron chi connectivity index (χ4n) is 3.90. The van der Waals surface area contributed by atoms with Crippen LogP contribution in [0.2, 0.25) is 0 Å². The first-order valence-corrected chi connectivity index (χ1v) is 12.4. The van der Waals surface area contributed by atoms with E-state index in [1.54, 1.807) is 53.4 Å². The normalized spacial score (nSPS) is 17.1. The molecule has 4 rings (SSSR count). The van der Waals surface area contributed by atoms with Crippen LogP contribution in [0, 0.1) is 12.8 Å². The Hall–Kier alpha value is -2.87. The van der Waals surface area contributed by atoms with Gasteiger partial charge in [-0.05, 0) is 69.0 Å². The zero-order chi connectivity index (χ0) is 22.9. The molecule has 0 unspecified atom stereocenters. The fraction of sp³-hybridized carbons (Fsp3) is 0.417. The van der Waals surface area contributed by atoms with Gasteiger partial charge in [0.25, 0.3) is 15.9 Å². The van der Waals surface area contributed by atoms with Gasteiger partial charge in [0.2, 0.25) is 5.91 Å². The van der Waals surface area contributed by atoms with Crippen LogP contribution in [0.1, 0.15) is 41.6 Å². The van der Waals surface area contributed by atoms with Crippen molar-refractivity contribution >= 4 is 27.5 Å². The lowest BCUT2D eigenvalue weighted by molar-refractivity contribution is -0.123. The molecule has 0 radical (unpaired) electrons. The number of piperidine rings is 1. The third-order valence-electron chi connectivity index (χ3n) is 6.23. The Morgan fingerprint density at radius 3 is 2.09 bits per heavy atom. The van der Waals surface area contributed by atoms with Crippen LogP contribution in [0.25, 0.3) is 0 Å². The lowest BCUT2D eigenvalue weighted by Crippen LogP contribution is -2.46. The molecule has 0 spiro atoms. The molecule has 2 aromatic rings. The van der Waals surface area contributed by atoms with Crippen LogP contribution in [-0.2, 0) is 14.8 Å². The van der Waals surface area contributed by atoms with Crippen LogP contribution in [0.15, 0.2) is 53.4 Å². The van der Waals surface area contributed by atoms with E-state index in [0.29, 0.717) is 24.3 Å². The molecule has 1 heterocycles. The van der Waals surface area contributed by atoms with Gasteiger partial charge >= 0.3 is 0 Å². The summed E-state index contributed by atoms with van der Waals surface area (Å²) in [6, 6.07) is 13.5. The summed E-state index contributed by atoms with van der Waals surface area (Å²) in [5, 5.41) is 3.09. The average molecular weight is 456 g/mol. The van der Waals surface area contributed by atoms with E-state index in [9.17, 15) is 18.0 Å². The van der Waals surface area contributed by atoms with Gasteiger partial charge in [0.05, 0.1) is 10.6 Å². The van der Waals surface area contributed by atoms with Gasteiger partial charge in [0.15, 0.2) is 0 Å². The Balaban J connectivity index is 1.37. The minimum absolute atomic E-state index is 0.0763. The number of carbonyl (C=O) groups is 2. The van der Waals surface area contributed by atoms with E-state index in [1.165, 1.54) is 11.4 Å². The second-order valence-corrected chi connectivity index (χ2v) is 10.7. The summed E-state index contributed by atoms with van der Waals surface area (Å²) in [7, 11) is -2.17. The highest BCUT2D eigenvalue weighted by molar-refractivity contribution is 7.92. The molecule has 2 fully saturated rings. The number of nitrogens with one attached hydrogen (secondary N) is 1. The molecular formula is C24H29N3O4S. The third-order valence-corrected chi connectivity index (χ3v) is 8.03. The largest absolute Gasteiger partial charge is 0.353 e. The maximum Gasteiger partial charge on any atom is 0.264 e. The highest BCUT2D eigenvalue weighted by Crippen LogP contribution is 2.29. The minimum atomic E-state index is -3.68. The molecule has 7 nitrogen and oxygen atoms in total. The first-order chi connectivity index (χ1) is 15.3. The Kier molecular flexibility index (Phi) is 6.24. The molecule has 1 saturated carbocycles. The molecule has 32 heavy (non-hydrogen) atoms. The Bertz CT molecular complexity index is 1090. The SMILES string of the molecule is Cc1ccc(S(=O)(=O)N(C)c2ccc(C(=O)N3CCC(NC(=O)C4CC4)CC3)cc2)cc1. The van der Waals surface area contributed by atoms with Gasteiger partial charge in [0.1, 0.15) is 0 Å². The van der Waals surface area contributed by atoms with E-state index in [2.05, 4.69) is 5.32 Å². The van der Waals surface area contributed by atoms with Crippen molar-refractivity contribution in [2.75, 3.05) is 24.4 Å². The number of carbonyl (C=O) groups excluding carboxylic acids is 2. The van der Waals surface area contributed by atoms with Gasteiger partial charge in [-0.3, -0.25) is 13.9 Å². The number of aryl methyl sites for hydroxylation is 1. The van der Waals surface area contributed by atoms with E-state index in [4.69, 9.17) is 0 Å². The summed E-state index contributed by atoms with van der Waals surface area (Å²) >= 11 is 0. The summed E-state index contributed by atoms with van der Waals surface area (Å²) in [6.07, 6.45) is 3.47. The number of amides is 2. The quantitative estimate of drug-likeness (QED) is 0.726. The zero-order valence-electron chi connectivity index (χ0n) is 18.5. The van der Waals surface area contributed by atoms with Crippen LogP contribution in [0.5, 0.6) is 0 Å². The molecule has 1 aliphatic carbocycles. The third kappa shape index (κ3) is 4.80. The lowest BCUT2D eigenvalue weighted by atomic mass is 10.0. The van der Waals surface area contributed by atoms with Crippen molar-refractivity contribution in [3.8, 4) is 0 Å². The van der Waals surface area contributed by atoms with Gasteiger partial charge in [-0.1, -0.05) is 17.7 Å². The standard InChI is InChI=1S/C24H29N3O4S/c1-17-3-11-22(12-4-17)32(30,31)26(2)21-9-7-19(8-10-21)24(29)27-15-13-20(14-16-27)25-23(28)18-5-6-18/h3-4,7-12,18,20H,5-6,13-16H2,1-2H3,(H,25,28). The van der Waals surface area contributed by atoms with Crippen LogP contribution < -0.4 is 9.62 Å². The number of nitrogens with zero attached hydrogens (tertiary/aromatic N) is 2. The van der Waals surface area contributed by atoms with Crippen LogP contribution in [-0.4, -0.2) is 51.3 Å². The molecule has 2 aromatic carbocycles. The van der Waals surface area contributed by atoms with Crippen molar-refractivity contribution in [1.82, 2.24) is 10.2 Å². The molecule has 170 valence electrons. The van der Waals surface area contributed by atoms with Crippen molar-refractivity contribution < 1.29 is 18.0 Å². The minimum Gasteiger partial charge on any atom is -0.353 e. The highest BCUT2D eigenvalue weighted by atomic mass is 32.2.